The summed E-state index contributed by atoms with van der Waals surface area (Å²) >= 11 is 0. The summed E-state index contributed by atoms with van der Waals surface area (Å²) in [6.07, 6.45) is 6.70. The average Bonchev–Trinajstić information content (AvgIpc) is 3.00. The highest BCUT2D eigenvalue weighted by Crippen LogP contribution is 2.26. The Morgan fingerprint density at radius 1 is 1.10 bits per heavy atom. The van der Waals surface area contributed by atoms with Gasteiger partial charge in [-0.2, -0.15) is 0 Å². The molecule has 0 spiro atoms. The fraction of sp³-hybridized carbons (Fsp3) is 0.929. The van der Waals surface area contributed by atoms with Gasteiger partial charge >= 0.3 is 0 Å². The van der Waals surface area contributed by atoms with Crippen molar-refractivity contribution in [1.29, 1.82) is 0 Å². The lowest BCUT2D eigenvalue weighted by atomic mass is 10.0. The van der Waals surface area contributed by atoms with E-state index in [1.165, 1.54) is 0 Å². The molecule has 0 aromatic heterocycles. The zero-order chi connectivity index (χ0) is 14.6. The summed E-state index contributed by atoms with van der Waals surface area (Å²) in [4.78, 5) is 14.0. The second-order valence-corrected chi connectivity index (χ2v) is 8.40. The van der Waals surface area contributed by atoms with Crippen molar-refractivity contribution in [2.45, 2.75) is 62.7 Å². The maximum atomic E-state index is 12.2. The molecule has 1 saturated carbocycles. The van der Waals surface area contributed by atoms with Crippen LogP contribution in [0.15, 0.2) is 0 Å². The average molecular weight is 302 g/mol. The number of hydrogen-bond donors (Lipinski definition) is 1. The molecule has 5 nitrogen and oxygen atoms in total. The predicted molar refractivity (Wildman–Crippen MR) is 79.1 cm³/mol. The zero-order valence-electron chi connectivity index (χ0n) is 12.1. The van der Waals surface area contributed by atoms with Crippen LogP contribution in [0.2, 0.25) is 0 Å². The van der Waals surface area contributed by atoms with Gasteiger partial charge in [0.05, 0.1) is 11.0 Å². The Kier molecular flexibility index (Phi) is 5.43. The van der Waals surface area contributed by atoms with Crippen LogP contribution in [0.25, 0.3) is 0 Å². The minimum absolute atomic E-state index is 0.00426. The molecule has 1 aliphatic heterocycles. The number of carbonyl (C=O) groups excluding carboxylic acids is 1. The SMILES string of the molecule is NCC1CCCCN1C(=O)CCS(=O)(=O)C1CCCC1. The van der Waals surface area contributed by atoms with Crippen molar-refractivity contribution in [3.8, 4) is 0 Å². The summed E-state index contributed by atoms with van der Waals surface area (Å²) in [6.45, 7) is 1.20. The van der Waals surface area contributed by atoms with Crippen molar-refractivity contribution in [3.05, 3.63) is 0 Å². The quantitative estimate of drug-likeness (QED) is 0.824. The molecule has 0 bridgehead atoms. The molecule has 2 fully saturated rings. The lowest BCUT2D eigenvalue weighted by molar-refractivity contribution is -0.134. The molecule has 6 heteroatoms. The molecule has 1 atom stereocenters. The summed E-state index contributed by atoms with van der Waals surface area (Å²) < 4.78 is 24.4. The Balaban J connectivity index is 1.87. The molecule has 2 rings (SSSR count). The number of piperidine rings is 1. The normalized spacial score (nSPS) is 25.1. The van der Waals surface area contributed by atoms with Gasteiger partial charge in [0.15, 0.2) is 9.84 Å². The van der Waals surface area contributed by atoms with E-state index in [-0.39, 0.29) is 29.4 Å². The van der Waals surface area contributed by atoms with Crippen molar-refractivity contribution in [2.75, 3.05) is 18.8 Å². The van der Waals surface area contributed by atoms with Gasteiger partial charge in [-0.1, -0.05) is 12.8 Å². The number of nitrogens with zero attached hydrogens (tertiary/aromatic N) is 1. The van der Waals surface area contributed by atoms with Gasteiger partial charge in [-0.3, -0.25) is 4.79 Å². The van der Waals surface area contributed by atoms with Crippen LogP contribution in [-0.2, 0) is 14.6 Å². The first-order chi connectivity index (χ1) is 9.54. The topological polar surface area (TPSA) is 80.5 Å². The standard InChI is InChI=1S/C14H26N2O3S/c15-11-12-5-3-4-9-16(12)14(17)8-10-20(18,19)13-6-1-2-7-13/h12-13H,1-11,15H2. The molecule has 1 heterocycles. The molecular weight excluding hydrogens is 276 g/mol. The van der Waals surface area contributed by atoms with Crippen molar-refractivity contribution >= 4 is 15.7 Å². The lowest BCUT2D eigenvalue weighted by Gasteiger charge is -2.35. The largest absolute Gasteiger partial charge is 0.338 e. The van der Waals surface area contributed by atoms with Crippen LogP contribution in [0.4, 0.5) is 0 Å². The van der Waals surface area contributed by atoms with Gasteiger partial charge in [0.2, 0.25) is 5.91 Å². The Morgan fingerprint density at radius 3 is 2.40 bits per heavy atom. The van der Waals surface area contributed by atoms with Gasteiger partial charge in [0, 0.05) is 25.6 Å². The van der Waals surface area contributed by atoms with Gasteiger partial charge < -0.3 is 10.6 Å². The summed E-state index contributed by atoms with van der Waals surface area (Å²) in [5.74, 6) is -0.0358. The van der Waals surface area contributed by atoms with E-state index in [1.54, 1.807) is 4.90 Å². The van der Waals surface area contributed by atoms with Crippen LogP contribution in [0, 0.1) is 0 Å². The van der Waals surface area contributed by atoms with Gasteiger partial charge in [-0.05, 0) is 32.1 Å². The minimum Gasteiger partial charge on any atom is -0.338 e. The smallest absolute Gasteiger partial charge is 0.223 e. The van der Waals surface area contributed by atoms with Crippen molar-refractivity contribution in [1.82, 2.24) is 4.90 Å². The Morgan fingerprint density at radius 2 is 1.75 bits per heavy atom. The van der Waals surface area contributed by atoms with Gasteiger partial charge in [0.25, 0.3) is 0 Å². The highest BCUT2D eigenvalue weighted by atomic mass is 32.2. The molecule has 116 valence electrons. The molecule has 2 N–H and O–H groups in total. The Bertz CT molecular complexity index is 430. The van der Waals surface area contributed by atoms with Gasteiger partial charge in [-0.25, -0.2) is 8.42 Å². The number of likely N-dealkylation sites (tertiary alicyclic amines) is 1. The predicted octanol–water partition coefficient (Wildman–Crippen LogP) is 1.07. The molecular formula is C14H26N2O3S. The molecule has 1 amide bonds. The second kappa shape index (κ2) is 6.89. The van der Waals surface area contributed by atoms with Crippen LogP contribution in [0.3, 0.4) is 0 Å². The molecule has 20 heavy (non-hydrogen) atoms. The summed E-state index contributed by atoms with van der Waals surface area (Å²) in [5.41, 5.74) is 5.70. The van der Waals surface area contributed by atoms with Crippen LogP contribution >= 0.6 is 0 Å². The molecule has 1 unspecified atom stereocenters. The third-order valence-electron chi connectivity index (χ3n) is 4.63. The van der Waals surface area contributed by atoms with Gasteiger partial charge in [0.1, 0.15) is 0 Å². The van der Waals surface area contributed by atoms with E-state index < -0.39 is 9.84 Å². The maximum Gasteiger partial charge on any atom is 0.223 e. The molecule has 1 aliphatic carbocycles. The minimum atomic E-state index is -3.10. The molecule has 0 radical (unpaired) electrons. The fourth-order valence-electron chi connectivity index (χ4n) is 3.36. The summed E-state index contributed by atoms with van der Waals surface area (Å²) in [6, 6.07) is 0.102. The van der Waals surface area contributed by atoms with Crippen molar-refractivity contribution in [2.24, 2.45) is 5.73 Å². The highest BCUT2D eigenvalue weighted by molar-refractivity contribution is 7.92. The van der Waals surface area contributed by atoms with E-state index in [9.17, 15) is 13.2 Å². The fourth-order valence-corrected chi connectivity index (χ4v) is 5.21. The van der Waals surface area contributed by atoms with E-state index in [4.69, 9.17) is 5.73 Å². The van der Waals surface area contributed by atoms with E-state index >= 15 is 0 Å². The Hall–Kier alpha value is -0.620. The molecule has 0 aromatic carbocycles. The number of sulfone groups is 1. The first-order valence-electron chi connectivity index (χ1n) is 7.75. The van der Waals surface area contributed by atoms with Crippen molar-refractivity contribution < 1.29 is 13.2 Å². The Labute approximate surface area is 121 Å². The third-order valence-corrected chi connectivity index (χ3v) is 6.89. The van der Waals surface area contributed by atoms with E-state index in [2.05, 4.69) is 0 Å². The monoisotopic (exact) mass is 302 g/mol. The first kappa shape index (κ1) is 15.8. The number of carbonyl (C=O) groups is 1. The van der Waals surface area contributed by atoms with Crippen LogP contribution < -0.4 is 5.73 Å². The molecule has 0 aromatic rings. The highest BCUT2D eigenvalue weighted by Gasteiger charge is 2.31. The third kappa shape index (κ3) is 3.73. The number of nitrogens with two attached hydrogens (primary N) is 1. The maximum absolute atomic E-state index is 12.2. The van der Waals surface area contributed by atoms with Gasteiger partial charge in [-0.15, -0.1) is 0 Å². The van der Waals surface area contributed by atoms with E-state index in [1.807, 2.05) is 0 Å². The molecule has 1 saturated heterocycles. The second-order valence-electron chi connectivity index (χ2n) is 6.00. The van der Waals surface area contributed by atoms with E-state index in [0.29, 0.717) is 6.54 Å². The molecule has 2 aliphatic rings. The number of hydrogen-bond acceptors (Lipinski definition) is 4. The van der Waals surface area contributed by atoms with Crippen LogP contribution in [0.5, 0.6) is 0 Å². The summed E-state index contributed by atoms with van der Waals surface area (Å²) in [5, 5.41) is -0.207. The van der Waals surface area contributed by atoms with Crippen LogP contribution in [0.1, 0.15) is 51.4 Å². The van der Waals surface area contributed by atoms with Crippen molar-refractivity contribution in [3.63, 3.8) is 0 Å². The number of amides is 1. The zero-order valence-corrected chi connectivity index (χ0v) is 12.9. The number of rotatable bonds is 5. The van der Waals surface area contributed by atoms with E-state index in [0.717, 1.165) is 51.5 Å². The first-order valence-corrected chi connectivity index (χ1v) is 9.47. The summed E-state index contributed by atoms with van der Waals surface area (Å²) in [7, 11) is -3.10. The van der Waals surface area contributed by atoms with Crippen LogP contribution in [-0.4, -0.2) is 49.4 Å². The lowest BCUT2D eigenvalue weighted by Crippen LogP contribution is -2.47.